The number of benzene rings is 2. The fourth-order valence-electron chi connectivity index (χ4n) is 4.44. The van der Waals surface area contributed by atoms with Gasteiger partial charge < -0.3 is 20.3 Å². The van der Waals surface area contributed by atoms with Crippen molar-refractivity contribution in [1.82, 2.24) is 10.2 Å². The molecule has 0 spiro atoms. The lowest BCUT2D eigenvalue weighted by molar-refractivity contribution is -0.136. The summed E-state index contributed by atoms with van der Waals surface area (Å²) < 4.78 is 30.9. The smallest absolute Gasteiger partial charge is 0.410 e. The summed E-state index contributed by atoms with van der Waals surface area (Å²) in [5, 5.41) is 5.21. The minimum atomic E-state index is -3.44. The first-order valence-electron chi connectivity index (χ1n) is 11.9. The molecule has 2 aromatic carbocycles. The Morgan fingerprint density at radius 1 is 1.00 bits per heavy atom. The van der Waals surface area contributed by atoms with Crippen LogP contribution in [0.3, 0.4) is 0 Å². The number of ether oxygens (including phenoxy) is 1. The van der Waals surface area contributed by atoms with Crippen molar-refractivity contribution < 1.29 is 27.5 Å². The molecule has 11 heteroatoms. The molecule has 0 saturated carbocycles. The molecule has 2 heterocycles. The van der Waals surface area contributed by atoms with E-state index in [4.69, 9.17) is 4.74 Å². The number of hydrogen-bond donors (Lipinski definition) is 2. The van der Waals surface area contributed by atoms with Gasteiger partial charge in [0.15, 0.2) is 0 Å². The molecule has 0 aromatic heterocycles. The Labute approximate surface area is 210 Å². The standard InChI is InChI=1S/C25H30N4O6S/c1-36(33,34)29-13-5-6-19-9-10-20(16-22(19)29)27-24(31)23(30)26-17-18-11-14-28(15-12-18)25(32)35-21-7-3-2-4-8-21/h2-4,7-10,16,18H,5-6,11-15,17H2,1H3,(H,26,30)(H,27,31). The van der Waals surface area contributed by atoms with Gasteiger partial charge in [-0.2, -0.15) is 0 Å². The molecule has 4 rings (SSSR count). The average Bonchev–Trinajstić information content (AvgIpc) is 2.87. The summed E-state index contributed by atoms with van der Waals surface area (Å²) in [6, 6.07) is 13.9. The normalized spacial score (nSPS) is 16.1. The fraction of sp³-hybridized carbons (Fsp3) is 0.400. The Balaban J connectivity index is 1.24. The number of anilines is 2. The van der Waals surface area contributed by atoms with Crippen LogP contribution in [0.1, 0.15) is 24.8 Å². The maximum atomic E-state index is 12.4. The first kappa shape index (κ1) is 25.5. The summed E-state index contributed by atoms with van der Waals surface area (Å²) in [6.07, 6.45) is 3.58. The zero-order valence-electron chi connectivity index (χ0n) is 20.1. The monoisotopic (exact) mass is 514 g/mol. The highest BCUT2D eigenvalue weighted by Crippen LogP contribution is 2.31. The molecule has 0 bridgehead atoms. The van der Waals surface area contributed by atoms with Gasteiger partial charge in [0.1, 0.15) is 5.75 Å². The molecule has 0 radical (unpaired) electrons. The van der Waals surface area contributed by atoms with E-state index in [0.717, 1.165) is 24.7 Å². The lowest BCUT2D eigenvalue weighted by Gasteiger charge is -2.31. The third-order valence-corrected chi connectivity index (χ3v) is 7.58. The minimum absolute atomic E-state index is 0.134. The van der Waals surface area contributed by atoms with E-state index in [-0.39, 0.29) is 5.92 Å². The number of hydrogen-bond acceptors (Lipinski definition) is 6. The van der Waals surface area contributed by atoms with Crippen molar-refractivity contribution in [3.8, 4) is 5.75 Å². The van der Waals surface area contributed by atoms with E-state index < -0.39 is 27.9 Å². The van der Waals surface area contributed by atoms with Gasteiger partial charge in [-0.1, -0.05) is 24.3 Å². The Morgan fingerprint density at radius 3 is 2.42 bits per heavy atom. The van der Waals surface area contributed by atoms with Gasteiger partial charge in [-0.3, -0.25) is 13.9 Å². The number of fused-ring (bicyclic) bond motifs is 1. The number of piperidine rings is 1. The molecule has 2 N–H and O–H groups in total. The van der Waals surface area contributed by atoms with Gasteiger partial charge in [-0.25, -0.2) is 13.2 Å². The van der Waals surface area contributed by atoms with Crippen LogP contribution in [0.4, 0.5) is 16.2 Å². The number of amides is 3. The summed E-state index contributed by atoms with van der Waals surface area (Å²) in [6.45, 7) is 1.71. The van der Waals surface area contributed by atoms with Crippen LogP contribution in [0.2, 0.25) is 0 Å². The van der Waals surface area contributed by atoms with E-state index in [1.54, 1.807) is 47.4 Å². The SMILES string of the molecule is CS(=O)(=O)N1CCCc2ccc(NC(=O)C(=O)NCC3CCN(C(=O)Oc4ccccc4)CC3)cc21. The fourth-order valence-corrected chi connectivity index (χ4v) is 5.43. The predicted molar refractivity (Wildman–Crippen MR) is 135 cm³/mol. The molecular weight excluding hydrogens is 484 g/mol. The van der Waals surface area contributed by atoms with Crippen LogP contribution >= 0.6 is 0 Å². The van der Waals surface area contributed by atoms with Crippen molar-refractivity contribution in [2.45, 2.75) is 25.7 Å². The number of carbonyl (C=O) groups excluding carboxylic acids is 3. The average molecular weight is 515 g/mol. The molecule has 1 fully saturated rings. The Kier molecular flexibility index (Phi) is 7.78. The molecular formula is C25H30N4O6S. The van der Waals surface area contributed by atoms with E-state index >= 15 is 0 Å². The van der Waals surface area contributed by atoms with Gasteiger partial charge in [0, 0.05) is 31.9 Å². The zero-order chi connectivity index (χ0) is 25.7. The molecule has 2 aromatic rings. The van der Waals surface area contributed by atoms with E-state index in [9.17, 15) is 22.8 Å². The van der Waals surface area contributed by atoms with Crippen LogP contribution in [0, 0.1) is 5.92 Å². The number of aryl methyl sites for hydroxylation is 1. The minimum Gasteiger partial charge on any atom is -0.410 e. The largest absolute Gasteiger partial charge is 0.415 e. The highest BCUT2D eigenvalue weighted by Gasteiger charge is 2.27. The lowest BCUT2D eigenvalue weighted by Crippen LogP contribution is -2.44. The first-order chi connectivity index (χ1) is 17.2. The highest BCUT2D eigenvalue weighted by atomic mass is 32.2. The van der Waals surface area contributed by atoms with Crippen molar-refractivity contribution in [2.24, 2.45) is 5.92 Å². The van der Waals surface area contributed by atoms with Gasteiger partial charge in [-0.15, -0.1) is 0 Å². The zero-order valence-corrected chi connectivity index (χ0v) is 20.9. The maximum absolute atomic E-state index is 12.4. The first-order valence-corrected chi connectivity index (χ1v) is 13.8. The molecule has 10 nitrogen and oxygen atoms in total. The molecule has 2 aliphatic heterocycles. The van der Waals surface area contributed by atoms with Crippen LogP contribution in [0.15, 0.2) is 48.5 Å². The summed E-state index contributed by atoms with van der Waals surface area (Å²) in [5.74, 6) is -0.959. The van der Waals surface area contributed by atoms with Crippen LogP contribution in [0.5, 0.6) is 5.75 Å². The third-order valence-electron chi connectivity index (χ3n) is 6.40. The predicted octanol–water partition coefficient (Wildman–Crippen LogP) is 2.36. The molecule has 192 valence electrons. The van der Waals surface area contributed by atoms with Crippen LogP contribution < -0.4 is 19.7 Å². The van der Waals surface area contributed by atoms with Crippen molar-refractivity contribution in [1.29, 1.82) is 0 Å². The molecule has 36 heavy (non-hydrogen) atoms. The molecule has 0 unspecified atom stereocenters. The number of para-hydroxylation sites is 1. The van der Waals surface area contributed by atoms with E-state index in [1.165, 1.54) is 4.31 Å². The van der Waals surface area contributed by atoms with Gasteiger partial charge in [-0.05, 0) is 61.4 Å². The van der Waals surface area contributed by atoms with Crippen molar-refractivity contribution >= 4 is 39.3 Å². The number of rotatable bonds is 5. The number of nitrogens with zero attached hydrogens (tertiary/aromatic N) is 2. The number of likely N-dealkylation sites (tertiary alicyclic amines) is 1. The van der Waals surface area contributed by atoms with Gasteiger partial charge in [0.2, 0.25) is 10.0 Å². The summed E-state index contributed by atoms with van der Waals surface area (Å²) in [7, 11) is -3.44. The molecule has 2 aliphatic rings. The molecule has 1 saturated heterocycles. The van der Waals surface area contributed by atoms with Crippen molar-refractivity contribution in [2.75, 3.05) is 42.1 Å². The topological polar surface area (TPSA) is 125 Å². The molecule has 3 amide bonds. The van der Waals surface area contributed by atoms with Crippen LogP contribution in [0.25, 0.3) is 0 Å². The van der Waals surface area contributed by atoms with Crippen molar-refractivity contribution in [3.05, 3.63) is 54.1 Å². The van der Waals surface area contributed by atoms with Crippen LogP contribution in [-0.2, 0) is 26.0 Å². The van der Waals surface area contributed by atoms with Crippen molar-refractivity contribution in [3.63, 3.8) is 0 Å². The quantitative estimate of drug-likeness (QED) is 0.590. The molecule has 0 atom stereocenters. The summed E-state index contributed by atoms with van der Waals surface area (Å²) in [4.78, 5) is 38.7. The summed E-state index contributed by atoms with van der Waals surface area (Å²) >= 11 is 0. The Morgan fingerprint density at radius 2 is 1.72 bits per heavy atom. The maximum Gasteiger partial charge on any atom is 0.415 e. The Hall–Kier alpha value is -3.60. The highest BCUT2D eigenvalue weighted by molar-refractivity contribution is 7.92. The van der Waals surface area contributed by atoms with E-state index in [2.05, 4.69) is 10.6 Å². The number of sulfonamides is 1. The second-order valence-corrected chi connectivity index (χ2v) is 11.0. The van der Waals surface area contributed by atoms with Gasteiger partial charge >= 0.3 is 17.9 Å². The second kappa shape index (κ2) is 11.0. The van der Waals surface area contributed by atoms with E-state index in [0.29, 0.717) is 56.1 Å². The summed E-state index contributed by atoms with van der Waals surface area (Å²) in [5.41, 5.74) is 1.77. The number of nitrogens with one attached hydrogen (secondary N) is 2. The van der Waals surface area contributed by atoms with Gasteiger partial charge in [0.05, 0.1) is 11.9 Å². The van der Waals surface area contributed by atoms with Gasteiger partial charge in [0.25, 0.3) is 0 Å². The third kappa shape index (κ3) is 6.34. The Bertz CT molecular complexity index is 1230. The number of carbonyl (C=O) groups is 3. The molecule has 0 aliphatic carbocycles. The second-order valence-electron chi connectivity index (χ2n) is 9.06. The van der Waals surface area contributed by atoms with Crippen LogP contribution in [-0.4, -0.2) is 63.7 Å². The lowest BCUT2D eigenvalue weighted by atomic mass is 9.97. The van der Waals surface area contributed by atoms with E-state index in [1.807, 2.05) is 6.07 Å².